The zero-order chi connectivity index (χ0) is 22.9. The third kappa shape index (κ3) is 3.52. The fourth-order valence-electron chi connectivity index (χ4n) is 4.39. The van der Waals surface area contributed by atoms with Crippen LogP contribution in [0.5, 0.6) is 0 Å². The smallest absolute Gasteiger partial charge is 0.263 e. The highest BCUT2D eigenvalue weighted by Gasteiger charge is 2.19. The standard InChI is InChI=1S/C28H22N4O/c1-18-9-8-10-20-15-25(32(28(33)26(18)20)22-11-4-3-5-12-22)19(2)31-27-21(16-29)17-30-24-14-7-6-13-23(24)27/h3-15,17,19H,1-2H3,(H,30,31). The highest BCUT2D eigenvalue weighted by atomic mass is 16.1. The average molecular weight is 431 g/mol. The van der Waals surface area contributed by atoms with E-state index in [4.69, 9.17) is 0 Å². The molecule has 0 saturated carbocycles. The van der Waals surface area contributed by atoms with Crippen LogP contribution in [0.2, 0.25) is 0 Å². The van der Waals surface area contributed by atoms with Crippen LogP contribution in [-0.4, -0.2) is 9.55 Å². The van der Waals surface area contributed by atoms with E-state index in [1.807, 2.05) is 86.6 Å². The normalized spacial score (nSPS) is 11.9. The molecular formula is C28H22N4O. The Hall–Kier alpha value is -4.43. The lowest BCUT2D eigenvalue weighted by Crippen LogP contribution is -2.26. The van der Waals surface area contributed by atoms with Crippen LogP contribution in [0.25, 0.3) is 27.4 Å². The fourth-order valence-corrected chi connectivity index (χ4v) is 4.39. The van der Waals surface area contributed by atoms with Crippen LogP contribution in [0.1, 0.15) is 29.8 Å². The molecule has 5 rings (SSSR count). The minimum atomic E-state index is -0.263. The molecule has 0 aliphatic heterocycles. The average Bonchev–Trinajstić information content (AvgIpc) is 2.84. The number of nitrogens with one attached hydrogen (secondary N) is 1. The Morgan fingerprint density at radius 2 is 1.76 bits per heavy atom. The van der Waals surface area contributed by atoms with Crippen molar-refractivity contribution < 1.29 is 0 Å². The zero-order valence-corrected chi connectivity index (χ0v) is 18.4. The number of rotatable bonds is 4. The van der Waals surface area contributed by atoms with Gasteiger partial charge in [-0.15, -0.1) is 0 Å². The van der Waals surface area contributed by atoms with Crippen LogP contribution >= 0.6 is 0 Å². The van der Waals surface area contributed by atoms with Gasteiger partial charge in [-0.05, 0) is 49.1 Å². The highest BCUT2D eigenvalue weighted by molar-refractivity contribution is 5.94. The number of anilines is 1. The van der Waals surface area contributed by atoms with E-state index in [-0.39, 0.29) is 11.6 Å². The van der Waals surface area contributed by atoms with E-state index in [1.165, 1.54) is 0 Å². The second kappa shape index (κ2) is 8.25. The molecule has 33 heavy (non-hydrogen) atoms. The summed E-state index contributed by atoms with van der Waals surface area (Å²) in [6.07, 6.45) is 1.59. The molecule has 2 aromatic heterocycles. The Kier molecular flexibility index (Phi) is 5.12. The van der Waals surface area contributed by atoms with E-state index in [0.717, 1.165) is 33.2 Å². The van der Waals surface area contributed by atoms with E-state index in [1.54, 1.807) is 10.8 Å². The Morgan fingerprint density at radius 1 is 1.00 bits per heavy atom. The topological polar surface area (TPSA) is 70.7 Å². The molecule has 5 heteroatoms. The third-order valence-electron chi connectivity index (χ3n) is 6.00. The van der Waals surface area contributed by atoms with Gasteiger partial charge < -0.3 is 5.32 Å². The van der Waals surface area contributed by atoms with Gasteiger partial charge in [-0.25, -0.2) is 0 Å². The van der Waals surface area contributed by atoms with E-state index in [2.05, 4.69) is 22.4 Å². The first-order valence-electron chi connectivity index (χ1n) is 10.8. The van der Waals surface area contributed by atoms with Crippen LogP contribution in [0.15, 0.2) is 89.9 Å². The minimum Gasteiger partial charge on any atom is -0.375 e. The molecule has 0 bridgehead atoms. The Bertz CT molecular complexity index is 1600. The summed E-state index contributed by atoms with van der Waals surface area (Å²) in [5.41, 5.74) is 4.49. The molecule has 0 spiro atoms. The third-order valence-corrected chi connectivity index (χ3v) is 6.00. The number of nitrogens with zero attached hydrogens (tertiary/aromatic N) is 3. The first-order valence-corrected chi connectivity index (χ1v) is 10.8. The van der Waals surface area contributed by atoms with Gasteiger partial charge in [-0.3, -0.25) is 14.3 Å². The molecule has 0 radical (unpaired) electrons. The largest absolute Gasteiger partial charge is 0.375 e. The second-order valence-corrected chi connectivity index (χ2v) is 8.13. The second-order valence-electron chi connectivity index (χ2n) is 8.13. The predicted octanol–water partition coefficient (Wildman–Crippen LogP) is 5.89. The monoisotopic (exact) mass is 430 g/mol. The van der Waals surface area contributed by atoms with Crippen molar-refractivity contribution in [3.8, 4) is 11.8 Å². The minimum absolute atomic E-state index is 0.0551. The molecule has 0 amide bonds. The molecule has 0 aliphatic rings. The molecule has 0 saturated heterocycles. The molecule has 2 heterocycles. The summed E-state index contributed by atoms with van der Waals surface area (Å²) in [6.45, 7) is 3.97. The van der Waals surface area contributed by atoms with Crippen molar-refractivity contribution >= 4 is 27.4 Å². The van der Waals surface area contributed by atoms with Gasteiger partial charge in [-0.2, -0.15) is 5.26 Å². The summed E-state index contributed by atoms with van der Waals surface area (Å²) in [5.74, 6) is 0. The molecule has 160 valence electrons. The van der Waals surface area contributed by atoms with Crippen molar-refractivity contribution in [2.24, 2.45) is 0 Å². The van der Waals surface area contributed by atoms with E-state index in [9.17, 15) is 10.1 Å². The van der Waals surface area contributed by atoms with Crippen molar-refractivity contribution in [3.63, 3.8) is 0 Å². The summed E-state index contributed by atoms with van der Waals surface area (Å²) in [7, 11) is 0. The van der Waals surface area contributed by atoms with Gasteiger partial charge in [0.15, 0.2) is 0 Å². The van der Waals surface area contributed by atoms with Gasteiger partial charge >= 0.3 is 0 Å². The number of hydrogen-bond acceptors (Lipinski definition) is 4. The summed E-state index contributed by atoms with van der Waals surface area (Å²) in [5, 5.41) is 15.7. The fraction of sp³-hybridized carbons (Fsp3) is 0.107. The molecule has 1 atom stereocenters. The Morgan fingerprint density at radius 3 is 2.55 bits per heavy atom. The molecule has 5 nitrogen and oxygen atoms in total. The predicted molar refractivity (Wildman–Crippen MR) is 133 cm³/mol. The highest BCUT2D eigenvalue weighted by Crippen LogP contribution is 2.30. The summed E-state index contributed by atoms with van der Waals surface area (Å²) in [6, 6.07) is 27.3. The maximum atomic E-state index is 13.7. The van der Waals surface area contributed by atoms with Crippen molar-refractivity contribution in [2.75, 3.05) is 5.32 Å². The maximum Gasteiger partial charge on any atom is 0.263 e. The number of hydrogen-bond donors (Lipinski definition) is 1. The van der Waals surface area contributed by atoms with Crippen molar-refractivity contribution in [2.45, 2.75) is 19.9 Å². The van der Waals surface area contributed by atoms with Gasteiger partial charge in [0, 0.05) is 23.0 Å². The summed E-state index contributed by atoms with van der Waals surface area (Å²) >= 11 is 0. The number of pyridine rings is 2. The molecule has 5 aromatic rings. The molecule has 1 unspecified atom stereocenters. The van der Waals surface area contributed by atoms with Gasteiger partial charge in [0.2, 0.25) is 0 Å². The lowest BCUT2D eigenvalue weighted by molar-refractivity contribution is 0.778. The number of fused-ring (bicyclic) bond motifs is 2. The van der Waals surface area contributed by atoms with Crippen LogP contribution < -0.4 is 10.9 Å². The molecular weight excluding hydrogens is 408 g/mol. The number of aromatic nitrogens is 2. The van der Waals surface area contributed by atoms with E-state index >= 15 is 0 Å². The molecule has 0 aliphatic carbocycles. The molecule has 3 aromatic carbocycles. The first kappa shape index (κ1) is 20.5. The van der Waals surface area contributed by atoms with Gasteiger partial charge in [0.05, 0.1) is 28.2 Å². The van der Waals surface area contributed by atoms with E-state index < -0.39 is 0 Å². The number of para-hydroxylation sites is 2. The van der Waals surface area contributed by atoms with Crippen LogP contribution in [-0.2, 0) is 0 Å². The molecule has 0 fully saturated rings. The lowest BCUT2D eigenvalue weighted by atomic mass is 10.0. The summed E-state index contributed by atoms with van der Waals surface area (Å²) < 4.78 is 1.77. The van der Waals surface area contributed by atoms with Gasteiger partial charge in [-0.1, -0.05) is 54.6 Å². The van der Waals surface area contributed by atoms with Gasteiger partial charge in [0.25, 0.3) is 5.56 Å². The Labute approximate surface area is 191 Å². The summed E-state index contributed by atoms with van der Waals surface area (Å²) in [4.78, 5) is 18.1. The quantitative estimate of drug-likeness (QED) is 0.386. The number of aryl methyl sites for hydroxylation is 1. The Balaban J connectivity index is 1.74. The van der Waals surface area contributed by atoms with E-state index in [0.29, 0.717) is 16.6 Å². The van der Waals surface area contributed by atoms with Crippen LogP contribution in [0.4, 0.5) is 5.69 Å². The number of nitriles is 1. The first-order chi connectivity index (χ1) is 16.1. The lowest BCUT2D eigenvalue weighted by Gasteiger charge is -2.23. The number of benzene rings is 3. The van der Waals surface area contributed by atoms with Crippen molar-refractivity contribution in [1.82, 2.24) is 9.55 Å². The molecule has 1 N–H and O–H groups in total. The SMILES string of the molecule is Cc1cccc2cc(C(C)Nc3c(C#N)cnc4ccccc34)n(-c3ccccc3)c(=O)c12. The van der Waals surface area contributed by atoms with Crippen molar-refractivity contribution in [3.05, 3.63) is 112 Å². The van der Waals surface area contributed by atoms with Gasteiger partial charge in [0.1, 0.15) is 6.07 Å². The zero-order valence-electron chi connectivity index (χ0n) is 18.4. The maximum absolute atomic E-state index is 13.7. The van der Waals surface area contributed by atoms with Crippen LogP contribution in [0.3, 0.4) is 0 Å². The van der Waals surface area contributed by atoms with Crippen LogP contribution in [0, 0.1) is 18.3 Å². The van der Waals surface area contributed by atoms with Crippen molar-refractivity contribution in [1.29, 1.82) is 5.26 Å².